The molecule has 1 rings (SSSR count). The number of primary amides is 1. The molecule has 1 amide bonds. The number of hydrogen-bond acceptors (Lipinski definition) is 3. The first-order valence-electron chi connectivity index (χ1n) is 7.51. The van der Waals surface area contributed by atoms with E-state index in [1.807, 2.05) is 37.3 Å². The predicted molar refractivity (Wildman–Crippen MR) is 89.2 cm³/mol. The van der Waals surface area contributed by atoms with Crippen molar-refractivity contribution in [1.29, 1.82) is 0 Å². The third kappa shape index (κ3) is 4.34. The SMILES string of the molecule is CCCC[C@@H](S[C@@](CC)(C(C)=O)c1ccccc1)C(N)=O. The summed E-state index contributed by atoms with van der Waals surface area (Å²) in [6, 6.07) is 9.69. The maximum absolute atomic E-state index is 12.4. The third-order valence-corrected chi connectivity index (χ3v) is 5.75. The molecule has 0 spiro atoms. The second-order valence-electron chi connectivity index (χ2n) is 5.25. The lowest BCUT2D eigenvalue weighted by Crippen LogP contribution is -2.36. The van der Waals surface area contributed by atoms with Gasteiger partial charge in [0.25, 0.3) is 0 Å². The lowest BCUT2D eigenvalue weighted by Gasteiger charge is -2.33. The van der Waals surface area contributed by atoms with Crippen LogP contribution in [0.4, 0.5) is 0 Å². The molecule has 4 heteroatoms. The number of carbonyl (C=O) groups is 2. The van der Waals surface area contributed by atoms with E-state index in [1.165, 1.54) is 11.8 Å². The fraction of sp³-hybridized carbons (Fsp3) is 0.529. The first-order valence-corrected chi connectivity index (χ1v) is 8.39. The van der Waals surface area contributed by atoms with E-state index in [2.05, 4.69) is 6.92 Å². The van der Waals surface area contributed by atoms with Gasteiger partial charge in [-0.05, 0) is 25.3 Å². The molecule has 21 heavy (non-hydrogen) atoms. The third-order valence-electron chi connectivity index (χ3n) is 3.79. The molecule has 2 atom stereocenters. The van der Waals surface area contributed by atoms with Gasteiger partial charge in [0, 0.05) is 0 Å². The number of ketones is 1. The van der Waals surface area contributed by atoms with Gasteiger partial charge in [0.1, 0.15) is 5.78 Å². The lowest BCUT2D eigenvalue weighted by atomic mass is 9.92. The number of rotatable bonds is 9. The highest BCUT2D eigenvalue weighted by Crippen LogP contribution is 2.44. The number of Topliss-reactive ketones (excluding diaryl/α,β-unsaturated/α-hetero) is 1. The van der Waals surface area contributed by atoms with E-state index < -0.39 is 4.75 Å². The van der Waals surface area contributed by atoms with Crippen LogP contribution in [-0.4, -0.2) is 16.9 Å². The van der Waals surface area contributed by atoms with E-state index in [0.29, 0.717) is 6.42 Å². The van der Waals surface area contributed by atoms with Crippen LogP contribution in [-0.2, 0) is 14.3 Å². The molecule has 116 valence electrons. The molecule has 0 bridgehead atoms. The van der Waals surface area contributed by atoms with Crippen molar-refractivity contribution in [1.82, 2.24) is 0 Å². The molecule has 0 aliphatic carbocycles. The molecule has 1 aromatic carbocycles. The van der Waals surface area contributed by atoms with Gasteiger partial charge in [-0.1, -0.05) is 57.0 Å². The molecule has 0 heterocycles. The number of thioether (sulfide) groups is 1. The van der Waals surface area contributed by atoms with Gasteiger partial charge in [-0.3, -0.25) is 9.59 Å². The van der Waals surface area contributed by atoms with E-state index in [-0.39, 0.29) is 16.9 Å². The summed E-state index contributed by atoms with van der Waals surface area (Å²) in [5.74, 6) is -0.257. The Morgan fingerprint density at radius 2 is 1.86 bits per heavy atom. The van der Waals surface area contributed by atoms with E-state index in [9.17, 15) is 9.59 Å². The van der Waals surface area contributed by atoms with E-state index in [4.69, 9.17) is 5.73 Å². The van der Waals surface area contributed by atoms with Crippen LogP contribution >= 0.6 is 11.8 Å². The summed E-state index contributed by atoms with van der Waals surface area (Å²) in [4.78, 5) is 24.1. The number of nitrogens with two attached hydrogens (primary N) is 1. The number of unbranched alkanes of at least 4 members (excludes halogenated alkanes) is 1. The van der Waals surface area contributed by atoms with Crippen molar-refractivity contribution >= 4 is 23.5 Å². The van der Waals surface area contributed by atoms with Gasteiger partial charge in [-0.25, -0.2) is 0 Å². The second-order valence-corrected chi connectivity index (χ2v) is 6.76. The molecule has 2 N–H and O–H groups in total. The molecule has 0 unspecified atom stereocenters. The van der Waals surface area contributed by atoms with Crippen molar-refractivity contribution in [2.75, 3.05) is 0 Å². The predicted octanol–water partition coefficient (Wildman–Crippen LogP) is 3.66. The Morgan fingerprint density at radius 1 is 1.24 bits per heavy atom. The molecule has 0 saturated carbocycles. The molecular weight excluding hydrogens is 282 g/mol. The fourth-order valence-corrected chi connectivity index (χ4v) is 3.98. The van der Waals surface area contributed by atoms with Crippen molar-refractivity contribution in [2.24, 2.45) is 5.73 Å². The highest BCUT2D eigenvalue weighted by molar-refractivity contribution is 8.02. The Kier molecular flexibility index (Phi) is 6.96. The number of benzene rings is 1. The van der Waals surface area contributed by atoms with Crippen LogP contribution in [0.2, 0.25) is 0 Å². The monoisotopic (exact) mass is 307 g/mol. The maximum Gasteiger partial charge on any atom is 0.230 e. The second kappa shape index (κ2) is 8.23. The Morgan fingerprint density at radius 3 is 2.29 bits per heavy atom. The summed E-state index contributed by atoms with van der Waals surface area (Å²) in [5.41, 5.74) is 6.50. The zero-order chi connectivity index (χ0) is 15.9. The summed E-state index contributed by atoms with van der Waals surface area (Å²) in [5, 5.41) is -0.325. The van der Waals surface area contributed by atoms with E-state index in [1.54, 1.807) is 6.92 Å². The van der Waals surface area contributed by atoms with Crippen LogP contribution in [0.25, 0.3) is 0 Å². The number of amides is 1. The van der Waals surface area contributed by atoms with E-state index in [0.717, 1.165) is 24.8 Å². The van der Waals surface area contributed by atoms with Crippen LogP contribution in [0.1, 0.15) is 52.0 Å². The molecular formula is C17H25NO2S. The van der Waals surface area contributed by atoms with Crippen molar-refractivity contribution in [3.63, 3.8) is 0 Å². The van der Waals surface area contributed by atoms with Gasteiger partial charge in [0.05, 0.1) is 10.00 Å². The van der Waals surface area contributed by atoms with Crippen LogP contribution in [0.3, 0.4) is 0 Å². The summed E-state index contributed by atoms with van der Waals surface area (Å²) < 4.78 is -0.686. The molecule has 0 aliphatic heterocycles. The summed E-state index contributed by atoms with van der Waals surface area (Å²) >= 11 is 1.42. The van der Waals surface area contributed by atoms with Gasteiger partial charge in [-0.15, -0.1) is 11.8 Å². The summed E-state index contributed by atoms with van der Waals surface area (Å²) in [6.07, 6.45) is 3.31. The minimum absolute atomic E-state index is 0.0731. The largest absolute Gasteiger partial charge is 0.369 e. The van der Waals surface area contributed by atoms with Gasteiger partial charge in [-0.2, -0.15) is 0 Å². The van der Waals surface area contributed by atoms with Crippen molar-refractivity contribution in [2.45, 2.75) is 56.5 Å². The molecule has 0 radical (unpaired) electrons. The first-order chi connectivity index (χ1) is 9.97. The van der Waals surface area contributed by atoms with Gasteiger partial charge < -0.3 is 5.73 Å². The first kappa shape index (κ1) is 17.8. The Labute approximate surface area is 131 Å². The number of hydrogen-bond donors (Lipinski definition) is 1. The van der Waals surface area contributed by atoms with Crippen molar-refractivity contribution < 1.29 is 9.59 Å². The summed E-state index contributed by atoms with van der Waals surface area (Å²) in [7, 11) is 0. The van der Waals surface area contributed by atoms with Gasteiger partial charge >= 0.3 is 0 Å². The lowest BCUT2D eigenvalue weighted by molar-refractivity contribution is -0.119. The minimum Gasteiger partial charge on any atom is -0.369 e. The normalized spacial score (nSPS) is 15.2. The molecule has 1 aromatic rings. The van der Waals surface area contributed by atoms with Crippen LogP contribution in [0.5, 0.6) is 0 Å². The highest BCUT2D eigenvalue weighted by atomic mass is 32.2. The average Bonchev–Trinajstić information content (AvgIpc) is 2.48. The standard InChI is InChI=1S/C17H25NO2S/c1-4-6-12-15(16(18)20)21-17(5-2,13(3)19)14-10-8-7-9-11-14/h7-11,15H,4-6,12H2,1-3H3,(H2,18,20)/t15-,17+/m1/s1. The smallest absolute Gasteiger partial charge is 0.230 e. The Hall–Kier alpha value is -1.29. The maximum atomic E-state index is 12.4. The quantitative estimate of drug-likeness (QED) is 0.757. The molecule has 0 saturated heterocycles. The van der Waals surface area contributed by atoms with Crippen molar-refractivity contribution in [3.8, 4) is 0 Å². The summed E-state index contributed by atoms with van der Waals surface area (Å²) in [6.45, 7) is 5.67. The number of carbonyl (C=O) groups excluding carboxylic acids is 2. The van der Waals surface area contributed by atoms with E-state index >= 15 is 0 Å². The Balaban J connectivity index is 3.13. The fourth-order valence-electron chi connectivity index (χ4n) is 2.49. The zero-order valence-corrected chi connectivity index (χ0v) is 13.9. The molecule has 0 aliphatic rings. The van der Waals surface area contributed by atoms with Crippen LogP contribution < -0.4 is 5.73 Å². The minimum atomic E-state index is -0.686. The zero-order valence-electron chi connectivity index (χ0n) is 13.1. The average molecular weight is 307 g/mol. The van der Waals surface area contributed by atoms with Crippen molar-refractivity contribution in [3.05, 3.63) is 35.9 Å². The molecule has 0 fully saturated rings. The molecule has 3 nitrogen and oxygen atoms in total. The Bertz CT molecular complexity index is 475. The topological polar surface area (TPSA) is 60.2 Å². The highest BCUT2D eigenvalue weighted by Gasteiger charge is 2.39. The molecule has 0 aromatic heterocycles. The van der Waals surface area contributed by atoms with Crippen LogP contribution in [0, 0.1) is 0 Å². The van der Waals surface area contributed by atoms with Gasteiger partial charge in [0.15, 0.2) is 0 Å². The van der Waals surface area contributed by atoms with Gasteiger partial charge in [0.2, 0.25) is 5.91 Å². The van der Waals surface area contributed by atoms with Crippen LogP contribution in [0.15, 0.2) is 30.3 Å².